The summed E-state index contributed by atoms with van der Waals surface area (Å²) in [6.45, 7) is 0. The highest BCUT2D eigenvalue weighted by molar-refractivity contribution is 9.10. The maximum Gasteiger partial charge on any atom is 0.129 e. The van der Waals surface area contributed by atoms with Gasteiger partial charge in [-0.15, -0.1) is 0 Å². The van der Waals surface area contributed by atoms with Crippen LogP contribution in [-0.2, 0) is 6.42 Å². The van der Waals surface area contributed by atoms with Crippen molar-refractivity contribution < 1.29 is 8.78 Å². The molecule has 0 saturated heterocycles. The first-order valence-electron chi connectivity index (χ1n) is 6.07. The summed E-state index contributed by atoms with van der Waals surface area (Å²) in [5.41, 5.74) is 1.51. The number of benzene rings is 2. The average Bonchev–Trinajstić information content (AvgIpc) is 2.39. The first kappa shape index (κ1) is 15.6. The van der Waals surface area contributed by atoms with Crippen molar-refractivity contribution in [3.63, 3.8) is 0 Å². The predicted octanol–water partition coefficient (Wildman–Crippen LogP) is 4.99. The van der Waals surface area contributed by atoms with E-state index in [0.29, 0.717) is 20.9 Å². The molecule has 5 heteroatoms. The van der Waals surface area contributed by atoms with E-state index in [1.807, 2.05) is 6.07 Å². The largest absolute Gasteiger partial charge is 0.313 e. The molecule has 0 aliphatic rings. The number of nitrogens with one attached hydrogen (secondary N) is 1. The van der Waals surface area contributed by atoms with Gasteiger partial charge in [0, 0.05) is 20.6 Å². The Morgan fingerprint density at radius 1 is 1.10 bits per heavy atom. The normalized spacial score (nSPS) is 12.4. The van der Waals surface area contributed by atoms with Crippen molar-refractivity contribution in [3.05, 3.63) is 68.1 Å². The standard InChI is InChI=1S/C15H13Br2F2N/c1-20-15(12-5-3-10(16)7-14(12)19)6-9-2-4-11(18)8-13(9)17/h2-5,7-8,15,20H,6H2,1H3. The molecule has 0 heterocycles. The Bertz CT molecular complexity index is 617. The Morgan fingerprint density at radius 2 is 1.85 bits per heavy atom. The van der Waals surface area contributed by atoms with E-state index in [0.717, 1.165) is 5.56 Å². The van der Waals surface area contributed by atoms with Crippen molar-refractivity contribution in [1.82, 2.24) is 5.32 Å². The van der Waals surface area contributed by atoms with Gasteiger partial charge in [0.15, 0.2) is 0 Å². The smallest absolute Gasteiger partial charge is 0.129 e. The van der Waals surface area contributed by atoms with Crippen LogP contribution < -0.4 is 5.32 Å². The highest BCUT2D eigenvalue weighted by Gasteiger charge is 2.16. The molecule has 1 unspecified atom stereocenters. The summed E-state index contributed by atoms with van der Waals surface area (Å²) in [6.07, 6.45) is 0.565. The van der Waals surface area contributed by atoms with Crippen LogP contribution in [0.5, 0.6) is 0 Å². The summed E-state index contributed by atoms with van der Waals surface area (Å²) in [5, 5.41) is 3.10. The Labute approximate surface area is 133 Å². The van der Waals surface area contributed by atoms with E-state index in [1.54, 1.807) is 19.2 Å². The van der Waals surface area contributed by atoms with Gasteiger partial charge in [-0.1, -0.05) is 44.0 Å². The fourth-order valence-corrected chi connectivity index (χ4v) is 2.90. The summed E-state index contributed by atoms with van der Waals surface area (Å²) < 4.78 is 28.5. The van der Waals surface area contributed by atoms with E-state index in [9.17, 15) is 8.78 Å². The summed E-state index contributed by atoms with van der Waals surface area (Å²) in [6, 6.07) is 9.36. The van der Waals surface area contributed by atoms with Crippen LogP contribution in [0.15, 0.2) is 45.3 Å². The molecule has 106 valence electrons. The monoisotopic (exact) mass is 403 g/mol. The van der Waals surface area contributed by atoms with Crippen LogP contribution in [0.3, 0.4) is 0 Å². The van der Waals surface area contributed by atoms with E-state index in [-0.39, 0.29) is 17.7 Å². The van der Waals surface area contributed by atoms with Crippen molar-refractivity contribution in [2.75, 3.05) is 7.05 Å². The van der Waals surface area contributed by atoms with Gasteiger partial charge in [0.1, 0.15) is 11.6 Å². The molecule has 1 atom stereocenters. The summed E-state index contributed by atoms with van der Waals surface area (Å²) in [4.78, 5) is 0. The topological polar surface area (TPSA) is 12.0 Å². The molecule has 0 radical (unpaired) electrons. The first-order valence-corrected chi connectivity index (χ1v) is 7.66. The van der Waals surface area contributed by atoms with Crippen LogP contribution in [-0.4, -0.2) is 7.05 Å². The lowest BCUT2D eigenvalue weighted by Gasteiger charge is -2.18. The van der Waals surface area contributed by atoms with E-state index in [1.165, 1.54) is 18.2 Å². The molecule has 0 spiro atoms. The molecular weight excluding hydrogens is 392 g/mol. The second-order valence-electron chi connectivity index (χ2n) is 4.45. The van der Waals surface area contributed by atoms with E-state index in [4.69, 9.17) is 0 Å². The van der Waals surface area contributed by atoms with Gasteiger partial charge in [-0.25, -0.2) is 8.78 Å². The van der Waals surface area contributed by atoms with E-state index >= 15 is 0 Å². The van der Waals surface area contributed by atoms with E-state index < -0.39 is 0 Å². The molecular formula is C15H13Br2F2N. The Balaban J connectivity index is 2.28. The van der Waals surface area contributed by atoms with Gasteiger partial charge in [0.05, 0.1) is 0 Å². The van der Waals surface area contributed by atoms with E-state index in [2.05, 4.69) is 37.2 Å². The van der Waals surface area contributed by atoms with Crippen molar-refractivity contribution in [1.29, 1.82) is 0 Å². The zero-order valence-electron chi connectivity index (χ0n) is 10.8. The molecule has 0 aromatic heterocycles. The average molecular weight is 405 g/mol. The number of rotatable bonds is 4. The molecule has 1 nitrogen and oxygen atoms in total. The zero-order valence-corrected chi connectivity index (χ0v) is 13.9. The van der Waals surface area contributed by atoms with Crippen molar-refractivity contribution in [3.8, 4) is 0 Å². The van der Waals surface area contributed by atoms with Gasteiger partial charge >= 0.3 is 0 Å². The molecule has 2 rings (SSSR count). The van der Waals surface area contributed by atoms with Crippen LogP contribution in [0.2, 0.25) is 0 Å². The van der Waals surface area contributed by atoms with Gasteiger partial charge in [-0.2, -0.15) is 0 Å². The number of hydrogen-bond donors (Lipinski definition) is 1. The molecule has 2 aromatic carbocycles. The molecule has 0 bridgehead atoms. The third-order valence-electron chi connectivity index (χ3n) is 3.13. The van der Waals surface area contributed by atoms with Crippen LogP contribution in [0.1, 0.15) is 17.2 Å². The summed E-state index contributed by atoms with van der Waals surface area (Å²) >= 11 is 6.58. The Hall–Kier alpha value is -0.780. The van der Waals surface area contributed by atoms with Crippen molar-refractivity contribution >= 4 is 31.9 Å². The van der Waals surface area contributed by atoms with Crippen molar-refractivity contribution in [2.24, 2.45) is 0 Å². The van der Waals surface area contributed by atoms with Crippen LogP contribution >= 0.6 is 31.9 Å². The summed E-state index contributed by atoms with van der Waals surface area (Å²) in [7, 11) is 1.78. The highest BCUT2D eigenvalue weighted by atomic mass is 79.9. The van der Waals surface area contributed by atoms with Crippen LogP contribution in [0.25, 0.3) is 0 Å². The molecule has 1 N–H and O–H groups in total. The second kappa shape index (κ2) is 6.78. The number of halogens is 4. The lowest BCUT2D eigenvalue weighted by molar-refractivity contribution is 0.532. The molecule has 0 aliphatic heterocycles. The number of hydrogen-bond acceptors (Lipinski definition) is 1. The minimum atomic E-state index is -0.295. The molecule has 0 fully saturated rings. The predicted molar refractivity (Wildman–Crippen MR) is 83.7 cm³/mol. The van der Waals surface area contributed by atoms with Gasteiger partial charge in [-0.3, -0.25) is 0 Å². The Morgan fingerprint density at radius 3 is 2.45 bits per heavy atom. The fourth-order valence-electron chi connectivity index (χ4n) is 2.06. The molecule has 0 amide bonds. The molecule has 0 saturated carbocycles. The molecule has 2 aromatic rings. The minimum Gasteiger partial charge on any atom is -0.313 e. The quantitative estimate of drug-likeness (QED) is 0.756. The van der Waals surface area contributed by atoms with Crippen LogP contribution in [0.4, 0.5) is 8.78 Å². The fraction of sp³-hybridized carbons (Fsp3) is 0.200. The minimum absolute atomic E-state index is 0.176. The lowest BCUT2D eigenvalue weighted by Crippen LogP contribution is -2.20. The first-order chi connectivity index (χ1) is 9.51. The molecule has 20 heavy (non-hydrogen) atoms. The summed E-state index contributed by atoms with van der Waals surface area (Å²) in [5.74, 6) is -0.562. The molecule has 0 aliphatic carbocycles. The van der Waals surface area contributed by atoms with Gasteiger partial charge < -0.3 is 5.32 Å². The van der Waals surface area contributed by atoms with Gasteiger partial charge in [-0.05, 0) is 43.3 Å². The third kappa shape index (κ3) is 3.65. The SMILES string of the molecule is CNC(Cc1ccc(F)cc1Br)c1ccc(Br)cc1F. The maximum atomic E-state index is 14.0. The van der Waals surface area contributed by atoms with Crippen LogP contribution in [0, 0.1) is 11.6 Å². The van der Waals surface area contributed by atoms with Gasteiger partial charge in [0.25, 0.3) is 0 Å². The van der Waals surface area contributed by atoms with Gasteiger partial charge in [0.2, 0.25) is 0 Å². The maximum absolute atomic E-state index is 14.0. The zero-order chi connectivity index (χ0) is 14.7. The Kier molecular flexibility index (Phi) is 5.29. The number of likely N-dealkylation sites (N-methyl/N-ethyl adjacent to an activating group) is 1. The highest BCUT2D eigenvalue weighted by Crippen LogP contribution is 2.27. The second-order valence-corrected chi connectivity index (χ2v) is 6.22. The van der Waals surface area contributed by atoms with Crippen molar-refractivity contribution in [2.45, 2.75) is 12.5 Å². The third-order valence-corrected chi connectivity index (χ3v) is 4.36. The lowest BCUT2D eigenvalue weighted by atomic mass is 9.98.